The fraction of sp³-hybridized carbons (Fsp3) is 0.333. The molecule has 7 nitrogen and oxygen atoms in total. The van der Waals surface area contributed by atoms with Gasteiger partial charge in [0, 0.05) is 18.3 Å². The lowest BCUT2D eigenvalue weighted by atomic mass is 10.0. The second kappa shape index (κ2) is 8.01. The Kier molecular flexibility index (Phi) is 5.38. The standard InChI is InChI=1S/C21H20F3N3O4/c1-29-17-9-14-15(10-18(17)30-2)25-19(26-20(14)28)11-27-7-3-4-12-8-13(5-6-16(12)27)31-21(22,23)24/h5-6,8-10H,3-4,7,11H2,1-2H3,(H,25,26,28). The van der Waals surface area contributed by atoms with Crippen molar-refractivity contribution in [3.8, 4) is 17.2 Å². The Labute approximate surface area is 175 Å². The first kappa shape index (κ1) is 20.8. The molecule has 0 radical (unpaired) electrons. The number of aromatic amines is 1. The van der Waals surface area contributed by atoms with Gasteiger partial charge in [0.2, 0.25) is 0 Å². The Morgan fingerprint density at radius 1 is 1.13 bits per heavy atom. The molecule has 164 valence electrons. The summed E-state index contributed by atoms with van der Waals surface area (Å²) >= 11 is 0. The Morgan fingerprint density at radius 3 is 2.58 bits per heavy atom. The maximum absolute atomic E-state index is 12.6. The highest BCUT2D eigenvalue weighted by Gasteiger charge is 2.31. The molecular weight excluding hydrogens is 415 g/mol. The highest BCUT2D eigenvalue weighted by Crippen LogP contribution is 2.34. The molecule has 31 heavy (non-hydrogen) atoms. The van der Waals surface area contributed by atoms with Gasteiger partial charge in [-0.2, -0.15) is 0 Å². The first-order chi connectivity index (χ1) is 14.8. The van der Waals surface area contributed by atoms with E-state index in [4.69, 9.17) is 9.47 Å². The lowest BCUT2D eigenvalue weighted by Gasteiger charge is -2.31. The molecule has 2 heterocycles. The van der Waals surface area contributed by atoms with Gasteiger partial charge in [0.1, 0.15) is 11.6 Å². The van der Waals surface area contributed by atoms with Crippen molar-refractivity contribution >= 4 is 16.6 Å². The summed E-state index contributed by atoms with van der Waals surface area (Å²) < 4.78 is 52.1. The van der Waals surface area contributed by atoms with Crippen molar-refractivity contribution < 1.29 is 27.4 Å². The van der Waals surface area contributed by atoms with Crippen LogP contribution in [0.25, 0.3) is 10.9 Å². The lowest BCUT2D eigenvalue weighted by Crippen LogP contribution is -2.30. The molecule has 1 aliphatic rings. The van der Waals surface area contributed by atoms with E-state index in [1.165, 1.54) is 26.4 Å². The number of methoxy groups -OCH3 is 2. The molecule has 1 aromatic heterocycles. The number of rotatable bonds is 5. The van der Waals surface area contributed by atoms with Crippen LogP contribution in [0.4, 0.5) is 18.9 Å². The number of ether oxygens (including phenoxy) is 3. The Hall–Kier alpha value is -3.43. The first-order valence-corrected chi connectivity index (χ1v) is 9.56. The summed E-state index contributed by atoms with van der Waals surface area (Å²) in [6.45, 7) is 0.978. The van der Waals surface area contributed by atoms with Crippen LogP contribution in [-0.4, -0.2) is 37.1 Å². The van der Waals surface area contributed by atoms with Gasteiger partial charge in [-0.3, -0.25) is 4.79 Å². The SMILES string of the molecule is COc1cc2nc(CN3CCCc4cc(OC(F)(F)F)ccc43)[nH]c(=O)c2cc1OC. The number of aromatic nitrogens is 2. The molecule has 4 rings (SSSR count). The molecule has 0 bridgehead atoms. The average Bonchev–Trinajstić information content (AvgIpc) is 2.71. The van der Waals surface area contributed by atoms with E-state index >= 15 is 0 Å². The predicted molar refractivity (Wildman–Crippen MR) is 108 cm³/mol. The number of benzene rings is 2. The van der Waals surface area contributed by atoms with E-state index in [9.17, 15) is 18.0 Å². The number of anilines is 1. The topological polar surface area (TPSA) is 76.7 Å². The largest absolute Gasteiger partial charge is 0.573 e. The third kappa shape index (κ3) is 4.37. The van der Waals surface area contributed by atoms with E-state index in [0.29, 0.717) is 47.7 Å². The average molecular weight is 435 g/mol. The molecule has 0 amide bonds. The van der Waals surface area contributed by atoms with E-state index < -0.39 is 6.36 Å². The molecule has 3 aromatic rings. The van der Waals surface area contributed by atoms with Gasteiger partial charge in [0.15, 0.2) is 11.5 Å². The van der Waals surface area contributed by atoms with E-state index in [2.05, 4.69) is 14.7 Å². The molecule has 0 fully saturated rings. The maximum atomic E-state index is 12.6. The molecule has 0 atom stereocenters. The monoisotopic (exact) mass is 435 g/mol. The van der Waals surface area contributed by atoms with Crippen molar-refractivity contribution in [3.05, 3.63) is 52.1 Å². The minimum Gasteiger partial charge on any atom is -0.493 e. The third-order valence-corrected chi connectivity index (χ3v) is 5.10. The molecule has 0 saturated heterocycles. The molecule has 0 unspecified atom stereocenters. The van der Waals surface area contributed by atoms with Gasteiger partial charge in [0.25, 0.3) is 5.56 Å². The van der Waals surface area contributed by atoms with Crippen LogP contribution in [-0.2, 0) is 13.0 Å². The van der Waals surface area contributed by atoms with Crippen LogP contribution in [0.15, 0.2) is 35.1 Å². The molecule has 1 aliphatic heterocycles. The summed E-state index contributed by atoms with van der Waals surface area (Å²) in [6, 6.07) is 7.50. The first-order valence-electron chi connectivity index (χ1n) is 9.56. The van der Waals surface area contributed by atoms with Gasteiger partial charge in [-0.25, -0.2) is 4.98 Å². The summed E-state index contributed by atoms with van der Waals surface area (Å²) in [5.41, 5.74) is 1.69. The zero-order chi connectivity index (χ0) is 22.2. The molecule has 0 saturated carbocycles. The minimum atomic E-state index is -4.74. The quantitative estimate of drug-likeness (QED) is 0.657. The van der Waals surface area contributed by atoms with Crippen molar-refractivity contribution in [3.63, 3.8) is 0 Å². The Bertz CT molecular complexity index is 1180. The molecule has 0 aliphatic carbocycles. The van der Waals surface area contributed by atoms with Crippen LogP contribution >= 0.6 is 0 Å². The number of hydrogen-bond acceptors (Lipinski definition) is 6. The van der Waals surface area contributed by atoms with Crippen LogP contribution in [0.3, 0.4) is 0 Å². The predicted octanol–water partition coefficient (Wildman–Crippen LogP) is 3.79. The van der Waals surface area contributed by atoms with E-state index in [-0.39, 0.29) is 11.3 Å². The third-order valence-electron chi connectivity index (χ3n) is 5.10. The number of aryl methyl sites for hydroxylation is 1. The number of H-pyrrole nitrogens is 1. The fourth-order valence-corrected chi connectivity index (χ4v) is 3.78. The highest BCUT2D eigenvalue weighted by molar-refractivity contribution is 5.81. The van der Waals surface area contributed by atoms with Crippen molar-refractivity contribution in [1.29, 1.82) is 0 Å². The number of alkyl halides is 3. The molecule has 1 N–H and O–H groups in total. The number of nitrogens with zero attached hydrogens (tertiary/aromatic N) is 2. The highest BCUT2D eigenvalue weighted by atomic mass is 19.4. The lowest BCUT2D eigenvalue weighted by molar-refractivity contribution is -0.274. The molecule has 2 aromatic carbocycles. The molecule has 10 heteroatoms. The van der Waals surface area contributed by atoms with Crippen LogP contribution in [0.2, 0.25) is 0 Å². The van der Waals surface area contributed by atoms with Crippen LogP contribution in [0.1, 0.15) is 17.8 Å². The fourth-order valence-electron chi connectivity index (χ4n) is 3.78. The van der Waals surface area contributed by atoms with Crippen LogP contribution in [0, 0.1) is 0 Å². The number of fused-ring (bicyclic) bond motifs is 2. The van der Waals surface area contributed by atoms with E-state index in [0.717, 1.165) is 17.7 Å². The second-order valence-corrected chi connectivity index (χ2v) is 7.10. The van der Waals surface area contributed by atoms with Gasteiger partial charge in [0.05, 0.1) is 31.7 Å². The van der Waals surface area contributed by atoms with Gasteiger partial charge in [-0.1, -0.05) is 0 Å². The van der Waals surface area contributed by atoms with Crippen molar-refractivity contribution in [2.75, 3.05) is 25.7 Å². The van der Waals surface area contributed by atoms with E-state index in [1.54, 1.807) is 18.2 Å². The summed E-state index contributed by atoms with van der Waals surface area (Å²) in [4.78, 5) is 21.9. The second-order valence-electron chi connectivity index (χ2n) is 7.10. The van der Waals surface area contributed by atoms with Crippen molar-refractivity contribution in [2.45, 2.75) is 25.7 Å². The smallest absolute Gasteiger partial charge is 0.493 e. The number of nitrogens with one attached hydrogen (secondary N) is 1. The minimum absolute atomic E-state index is 0.244. The Balaban J connectivity index is 1.65. The zero-order valence-electron chi connectivity index (χ0n) is 16.9. The zero-order valence-corrected chi connectivity index (χ0v) is 16.9. The van der Waals surface area contributed by atoms with Gasteiger partial charge < -0.3 is 24.1 Å². The van der Waals surface area contributed by atoms with Crippen LogP contribution < -0.4 is 24.7 Å². The van der Waals surface area contributed by atoms with Crippen LogP contribution in [0.5, 0.6) is 17.2 Å². The normalized spacial score (nSPS) is 13.8. The number of halogens is 3. The van der Waals surface area contributed by atoms with Crippen molar-refractivity contribution in [1.82, 2.24) is 9.97 Å². The summed E-state index contributed by atoms with van der Waals surface area (Å²) in [7, 11) is 2.98. The summed E-state index contributed by atoms with van der Waals surface area (Å²) in [5, 5.41) is 0.370. The van der Waals surface area contributed by atoms with Crippen molar-refractivity contribution in [2.24, 2.45) is 0 Å². The number of hydrogen-bond donors (Lipinski definition) is 1. The molecular formula is C21H20F3N3O4. The van der Waals surface area contributed by atoms with Gasteiger partial charge in [-0.05, 0) is 42.7 Å². The van der Waals surface area contributed by atoms with Gasteiger partial charge in [-0.15, -0.1) is 13.2 Å². The van der Waals surface area contributed by atoms with Gasteiger partial charge >= 0.3 is 6.36 Å². The van der Waals surface area contributed by atoms with E-state index in [1.807, 2.05) is 4.90 Å². The maximum Gasteiger partial charge on any atom is 0.573 e. The summed E-state index contributed by atoms with van der Waals surface area (Å²) in [5.74, 6) is 1.08. The summed E-state index contributed by atoms with van der Waals surface area (Å²) in [6.07, 6.45) is -3.34. The molecule has 0 spiro atoms. The Morgan fingerprint density at radius 2 is 1.87 bits per heavy atom.